The Morgan fingerprint density at radius 1 is 1.30 bits per heavy atom. The Balaban J connectivity index is 1.58. The van der Waals surface area contributed by atoms with Crippen molar-refractivity contribution in [3.63, 3.8) is 0 Å². The predicted octanol–water partition coefficient (Wildman–Crippen LogP) is 2.07. The van der Waals surface area contributed by atoms with Gasteiger partial charge in [0, 0.05) is 6.54 Å². The van der Waals surface area contributed by atoms with Gasteiger partial charge in [-0.1, -0.05) is 31.2 Å². The normalized spacial score (nSPS) is 27.3. The van der Waals surface area contributed by atoms with Crippen LogP contribution in [-0.4, -0.2) is 23.7 Å². The van der Waals surface area contributed by atoms with Crippen LogP contribution in [0.1, 0.15) is 37.3 Å². The third-order valence-electron chi connectivity index (χ3n) is 4.86. The Labute approximate surface area is 120 Å². The lowest BCUT2D eigenvalue weighted by atomic mass is 9.87. The van der Waals surface area contributed by atoms with E-state index in [1.807, 2.05) is 0 Å². The zero-order chi connectivity index (χ0) is 14.2. The quantitative estimate of drug-likeness (QED) is 0.885. The molecule has 3 rings (SSSR count). The van der Waals surface area contributed by atoms with E-state index in [9.17, 15) is 9.90 Å². The number of fused-ring (bicyclic) bond motifs is 1. The van der Waals surface area contributed by atoms with Gasteiger partial charge in [0.25, 0.3) is 0 Å². The fourth-order valence-corrected chi connectivity index (χ4v) is 3.69. The number of hydrogen-bond donors (Lipinski definition) is 2. The lowest BCUT2D eigenvalue weighted by Gasteiger charge is -2.25. The number of aliphatic hydroxyl groups is 1. The van der Waals surface area contributed by atoms with Gasteiger partial charge in [-0.25, -0.2) is 0 Å². The second kappa shape index (κ2) is 5.21. The molecule has 1 saturated carbocycles. The van der Waals surface area contributed by atoms with Crippen LogP contribution in [0.4, 0.5) is 0 Å². The minimum absolute atomic E-state index is 0.0344. The molecule has 1 aromatic carbocycles. The van der Waals surface area contributed by atoms with Crippen LogP contribution in [0, 0.1) is 11.3 Å². The first kappa shape index (κ1) is 13.6. The molecule has 3 nitrogen and oxygen atoms in total. The molecule has 1 fully saturated rings. The van der Waals surface area contributed by atoms with Crippen molar-refractivity contribution in [2.75, 3.05) is 6.54 Å². The lowest BCUT2D eigenvalue weighted by Crippen LogP contribution is -2.41. The van der Waals surface area contributed by atoms with Crippen molar-refractivity contribution >= 4 is 5.91 Å². The average molecular weight is 273 g/mol. The molecule has 2 aliphatic rings. The summed E-state index contributed by atoms with van der Waals surface area (Å²) in [5, 5.41) is 12.9. The molecule has 20 heavy (non-hydrogen) atoms. The number of aliphatic hydroxyl groups excluding tert-OH is 1. The highest BCUT2D eigenvalue weighted by Crippen LogP contribution is 2.36. The summed E-state index contributed by atoms with van der Waals surface area (Å²) in [7, 11) is 0. The van der Waals surface area contributed by atoms with Crippen molar-refractivity contribution in [2.45, 2.75) is 45.1 Å². The molecule has 2 atom stereocenters. The molecule has 0 spiro atoms. The average Bonchev–Trinajstić information content (AvgIpc) is 2.99. The first-order chi connectivity index (χ1) is 9.57. The van der Waals surface area contributed by atoms with Crippen LogP contribution in [0.3, 0.4) is 0 Å². The molecular formula is C17H23NO2. The van der Waals surface area contributed by atoms with Gasteiger partial charge in [0.1, 0.15) is 0 Å². The molecule has 2 N–H and O–H groups in total. The summed E-state index contributed by atoms with van der Waals surface area (Å²) in [6.45, 7) is 2.93. The highest BCUT2D eigenvalue weighted by Gasteiger charge is 2.35. The van der Waals surface area contributed by atoms with E-state index in [1.165, 1.54) is 11.1 Å². The van der Waals surface area contributed by atoms with Gasteiger partial charge in [-0.15, -0.1) is 0 Å². The van der Waals surface area contributed by atoms with Crippen molar-refractivity contribution in [2.24, 2.45) is 11.3 Å². The Hall–Kier alpha value is -1.35. The molecule has 0 saturated heterocycles. The molecule has 1 aromatic rings. The molecule has 2 aliphatic carbocycles. The van der Waals surface area contributed by atoms with Crippen molar-refractivity contribution in [1.29, 1.82) is 0 Å². The molecule has 0 radical (unpaired) electrons. The maximum absolute atomic E-state index is 12.2. The van der Waals surface area contributed by atoms with E-state index < -0.39 is 6.10 Å². The fraction of sp³-hybridized carbons (Fsp3) is 0.588. The Morgan fingerprint density at radius 2 is 1.95 bits per heavy atom. The molecule has 0 bridgehead atoms. The lowest BCUT2D eigenvalue weighted by molar-refractivity contribution is -0.128. The van der Waals surface area contributed by atoms with Gasteiger partial charge >= 0.3 is 0 Å². The second-order valence-corrected chi connectivity index (χ2v) is 6.76. The number of amides is 1. The highest BCUT2D eigenvalue weighted by atomic mass is 16.3. The van der Waals surface area contributed by atoms with Crippen LogP contribution < -0.4 is 5.32 Å². The largest absolute Gasteiger partial charge is 0.392 e. The fourth-order valence-electron chi connectivity index (χ4n) is 3.69. The second-order valence-electron chi connectivity index (χ2n) is 6.76. The number of nitrogens with one attached hydrogen (secondary N) is 1. The van der Waals surface area contributed by atoms with Gasteiger partial charge in [0.15, 0.2) is 0 Å². The van der Waals surface area contributed by atoms with Crippen molar-refractivity contribution in [1.82, 2.24) is 5.32 Å². The summed E-state index contributed by atoms with van der Waals surface area (Å²) < 4.78 is 0. The molecule has 0 aromatic heterocycles. The zero-order valence-electron chi connectivity index (χ0n) is 12.1. The standard InChI is InChI=1S/C17H23NO2/c1-17(9-12-5-2-3-6-13(12)10-17)11-18-16(20)14-7-4-8-15(14)19/h2-3,5-6,14-15,19H,4,7-11H2,1H3,(H,18,20). The van der Waals surface area contributed by atoms with E-state index >= 15 is 0 Å². The third-order valence-corrected chi connectivity index (χ3v) is 4.86. The van der Waals surface area contributed by atoms with E-state index in [-0.39, 0.29) is 17.2 Å². The number of carbonyl (C=O) groups excluding carboxylic acids is 1. The molecular weight excluding hydrogens is 250 g/mol. The van der Waals surface area contributed by atoms with E-state index in [1.54, 1.807) is 0 Å². The molecule has 2 unspecified atom stereocenters. The summed E-state index contributed by atoms with van der Waals surface area (Å²) in [4.78, 5) is 12.2. The van der Waals surface area contributed by atoms with Gasteiger partial charge in [0.05, 0.1) is 12.0 Å². The minimum atomic E-state index is -0.441. The highest BCUT2D eigenvalue weighted by molar-refractivity contribution is 5.79. The van der Waals surface area contributed by atoms with Gasteiger partial charge in [-0.2, -0.15) is 0 Å². The number of benzene rings is 1. The summed E-state index contributed by atoms with van der Waals surface area (Å²) in [5.41, 5.74) is 2.93. The van der Waals surface area contributed by atoms with Gasteiger partial charge in [-0.05, 0) is 48.6 Å². The molecule has 0 heterocycles. The van der Waals surface area contributed by atoms with E-state index in [4.69, 9.17) is 0 Å². The van der Waals surface area contributed by atoms with Gasteiger partial charge in [0.2, 0.25) is 5.91 Å². The smallest absolute Gasteiger partial charge is 0.225 e. The molecule has 0 aliphatic heterocycles. The van der Waals surface area contributed by atoms with Gasteiger partial charge < -0.3 is 10.4 Å². The molecule has 108 valence electrons. The van der Waals surface area contributed by atoms with Crippen molar-refractivity contribution in [3.8, 4) is 0 Å². The van der Waals surface area contributed by atoms with Gasteiger partial charge in [-0.3, -0.25) is 4.79 Å². The molecule has 3 heteroatoms. The topological polar surface area (TPSA) is 49.3 Å². The summed E-state index contributed by atoms with van der Waals surface area (Å²) in [5.74, 6) is -0.158. The SMILES string of the molecule is CC1(CNC(=O)C2CCCC2O)Cc2ccccc2C1. The van der Waals surface area contributed by atoms with E-state index in [2.05, 4.69) is 36.5 Å². The Kier molecular flexibility index (Phi) is 3.55. The van der Waals surface area contributed by atoms with E-state index in [0.29, 0.717) is 6.54 Å². The Bertz CT molecular complexity index is 486. The summed E-state index contributed by atoms with van der Waals surface area (Å²) >= 11 is 0. The summed E-state index contributed by atoms with van der Waals surface area (Å²) in [6, 6.07) is 8.53. The zero-order valence-corrected chi connectivity index (χ0v) is 12.1. The van der Waals surface area contributed by atoms with Crippen LogP contribution in [0.5, 0.6) is 0 Å². The number of carbonyl (C=O) groups is 1. The minimum Gasteiger partial charge on any atom is -0.392 e. The predicted molar refractivity (Wildman–Crippen MR) is 78.3 cm³/mol. The third kappa shape index (κ3) is 2.59. The van der Waals surface area contributed by atoms with Crippen molar-refractivity contribution in [3.05, 3.63) is 35.4 Å². The number of rotatable bonds is 3. The molecule has 1 amide bonds. The first-order valence-corrected chi connectivity index (χ1v) is 7.60. The Morgan fingerprint density at radius 3 is 2.50 bits per heavy atom. The number of hydrogen-bond acceptors (Lipinski definition) is 2. The van der Waals surface area contributed by atoms with Crippen molar-refractivity contribution < 1.29 is 9.90 Å². The van der Waals surface area contributed by atoms with Crippen LogP contribution in [0.25, 0.3) is 0 Å². The van der Waals surface area contributed by atoms with Crippen LogP contribution >= 0.6 is 0 Å². The van der Waals surface area contributed by atoms with E-state index in [0.717, 1.165) is 32.1 Å². The van der Waals surface area contributed by atoms with Crippen LogP contribution in [0.2, 0.25) is 0 Å². The maximum Gasteiger partial charge on any atom is 0.225 e. The first-order valence-electron chi connectivity index (χ1n) is 7.60. The van der Waals surface area contributed by atoms with Crippen LogP contribution in [-0.2, 0) is 17.6 Å². The summed E-state index contributed by atoms with van der Waals surface area (Å²) in [6.07, 6.45) is 4.16. The van der Waals surface area contributed by atoms with Crippen LogP contribution in [0.15, 0.2) is 24.3 Å². The monoisotopic (exact) mass is 273 g/mol. The maximum atomic E-state index is 12.2.